The number of halogens is 2. The summed E-state index contributed by atoms with van der Waals surface area (Å²) in [7, 11) is 0. The SMILES string of the molecule is CC(Cc1ccc(Cl)c(Cl)c1)[N+](=O)[O-]. The van der Waals surface area contributed by atoms with Crippen molar-refractivity contribution in [2.45, 2.75) is 19.4 Å². The van der Waals surface area contributed by atoms with E-state index >= 15 is 0 Å². The zero-order chi connectivity index (χ0) is 10.7. The highest BCUT2D eigenvalue weighted by Crippen LogP contribution is 2.23. The summed E-state index contributed by atoms with van der Waals surface area (Å²) in [6, 6.07) is 4.44. The van der Waals surface area contributed by atoms with E-state index in [9.17, 15) is 10.1 Å². The zero-order valence-electron chi connectivity index (χ0n) is 7.54. The third-order valence-electron chi connectivity index (χ3n) is 1.88. The summed E-state index contributed by atoms with van der Waals surface area (Å²) < 4.78 is 0. The fraction of sp³-hybridized carbons (Fsp3) is 0.333. The van der Waals surface area contributed by atoms with Gasteiger partial charge in [-0.1, -0.05) is 29.3 Å². The number of hydrogen-bond donors (Lipinski definition) is 0. The number of nitro groups is 1. The molecule has 5 heteroatoms. The highest BCUT2D eigenvalue weighted by molar-refractivity contribution is 6.42. The molecule has 0 aliphatic heterocycles. The summed E-state index contributed by atoms with van der Waals surface area (Å²) in [4.78, 5) is 10.1. The lowest BCUT2D eigenvalue weighted by atomic mass is 10.1. The summed E-state index contributed by atoms with van der Waals surface area (Å²) >= 11 is 11.5. The van der Waals surface area contributed by atoms with E-state index in [0.717, 1.165) is 5.56 Å². The van der Waals surface area contributed by atoms with Crippen molar-refractivity contribution in [3.8, 4) is 0 Å². The molecule has 1 aromatic rings. The Kier molecular flexibility index (Phi) is 3.72. The molecule has 0 heterocycles. The van der Waals surface area contributed by atoms with Gasteiger partial charge >= 0.3 is 0 Å². The van der Waals surface area contributed by atoms with E-state index in [1.165, 1.54) is 0 Å². The number of benzene rings is 1. The average Bonchev–Trinajstić information content (AvgIpc) is 2.11. The Hall–Kier alpha value is -0.800. The molecule has 0 fully saturated rings. The predicted octanol–water partition coefficient (Wildman–Crippen LogP) is 3.20. The van der Waals surface area contributed by atoms with Crippen LogP contribution >= 0.6 is 23.2 Å². The Bertz CT molecular complexity index is 355. The Balaban J connectivity index is 2.78. The molecule has 0 aliphatic rings. The van der Waals surface area contributed by atoms with Crippen LogP contribution in [0.25, 0.3) is 0 Å². The third kappa shape index (κ3) is 2.86. The lowest BCUT2D eigenvalue weighted by Crippen LogP contribution is -2.17. The second-order valence-electron chi connectivity index (χ2n) is 3.09. The molecule has 1 unspecified atom stereocenters. The lowest BCUT2D eigenvalue weighted by Gasteiger charge is -2.04. The Morgan fingerprint density at radius 2 is 2.07 bits per heavy atom. The largest absolute Gasteiger partial charge is 0.264 e. The topological polar surface area (TPSA) is 43.1 Å². The van der Waals surface area contributed by atoms with Crippen LogP contribution in [0.4, 0.5) is 0 Å². The molecule has 0 saturated carbocycles. The molecule has 0 amide bonds. The molecule has 0 saturated heterocycles. The van der Waals surface area contributed by atoms with E-state index in [-0.39, 0.29) is 4.92 Å². The van der Waals surface area contributed by atoms with Crippen molar-refractivity contribution in [1.29, 1.82) is 0 Å². The van der Waals surface area contributed by atoms with Gasteiger partial charge in [0.05, 0.1) is 10.0 Å². The van der Waals surface area contributed by atoms with E-state index in [4.69, 9.17) is 23.2 Å². The summed E-state index contributed by atoms with van der Waals surface area (Å²) in [5.41, 5.74) is 0.823. The molecule has 0 N–H and O–H groups in total. The van der Waals surface area contributed by atoms with Gasteiger partial charge in [-0.3, -0.25) is 10.1 Å². The first-order valence-electron chi connectivity index (χ1n) is 4.08. The van der Waals surface area contributed by atoms with Crippen LogP contribution in [0.3, 0.4) is 0 Å². The molecule has 1 aromatic carbocycles. The molecule has 0 radical (unpaired) electrons. The van der Waals surface area contributed by atoms with Crippen LogP contribution in [0.15, 0.2) is 18.2 Å². The molecule has 1 rings (SSSR count). The predicted molar refractivity (Wildman–Crippen MR) is 56.6 cm³/mol. The van der Waals surface area contributed by atoms with E-state index in [2.05, 4.69) is 0 Å². The second kappa shape index (κ2) is 4.62. The van der Waals surface area contributed by atoms with Crippen LogP contribution in [0.2, 0.25) is 10.0 Å². The Morgan fingerprint density at radius 3 is 2.57 bits per heavy atom. The van der Waals surface area contributed by atoms with Crippen LogP contribution in [0, 0.1) is 10.1 Å². The van der Waals surface area contributed by atoms with Crippen LogP contribution in [0.1, 0.15) is 12.5 Å². The van der Waals surface area contributed by atoms with Crippen molar-refractivity contribution in [3.05, 3.63) is 43.9 Å². The highest BCUT2D eigenvalue weighted by Gasteiger charge is 2.13. The summed E-state index contributed by atoms with van der Waals surface area (Å²) in [6.07, 6.45) is 0.365. The van der Waals surface area contributed by atoms with E-state index in [0.29, 0.717) is 16.5 Å². The molecule has 76 valence electrons. The van der Waals surface area contributed by atoms with Crippen molar-refractivity contribution in [3.63, 3.8) is 0 Å². The monoisotopic (exact) mass is 233 g/mol. The van der Waals surface area contributed by atoms with Crippen molar-refractivity contribution in [1.82, 2.24) is 0 Å². The van der Waals surface area contributed by atoms with Gasteiger partial charge in [0.25, 0.3) is 0 Å². The zero-order valence-corrected chi connectivity index (χ0v) is 9.05. The van der Waals surface area contributed by atoms with Crippen LogP contribution < -0.4 is 0 Å². The van der Waals surface area contributed by atoms with Gasteiger partial charge < -0.3 is 0 Å². The minimum absolute atomic E-state index is 0.317. The molecule has 0 aromatic heterocycles. The van der Waals surface area contributed by atoms with Gasteiger partial charge in [-0.05, 0) is 17.7 Å². The fourth-order valence-corrected chi connectivity index (χ4v) is 1.40. The smallest absolute Gasteiger partial charge is 0.214 e. The second-order valence-corrected chi connectivity index (χ2v) is 3.90. The molecule has 0 bridgehead atoms. The maximum Gasteiger partial charge on any atom is 0.214 e. The lowest BCUT2D eigenvalue weighted by molar-refractivity contribution is -0.517. The van der Waals surface area contributed by atoms with Gasteiger partial charge in [0.1, 0.15) is 0 Å². The van der Waals surface area contributed by atoms with Crippen molar-refractivity contribution >= 4 is 23.2 Å². The minimum Gasteiger partial charge on any atom is -0.264 e. The first-order valence-corrected chi connectivity index (χ1v) is 4.83. The van der Waals surface area contributed by atoms with Crippen LogP contribution in [-0.2, 0) is 6.42 Å². The highest BCUT2D eigenvalue weighted by atomic mass is 35.5. The first-order chi connectivity index (χ1) is 6.50. The van der Waals surface area contributed by atoms with Crippen LogP contribution in [0.5, 0.6) is 0 Å². The van der Waals surface area contributed by atoms with Crippen molar-refractivity contribution in [2.75, 3.05) is 0 Å². The van der Waals surface area contributed by atoms with Crippen molar-refractivity contribution in [2.24, 2.45) is 0 Å². The van der Waals surface area contributed by atoms with Gasteiger partial charge in [-0.2, -0.15) is 0 Å². The number of nitrogens with zero attached hydrogens (tertiary/aromatic N) is 1. The molecule has 0 spiro atoms. The molecule has 14 heavy (non-hydrogen) atoms. The minimum atomic E-state index is -0.604. The fourth-order valence-electron chi connectivity index (χ4n) is 1.08. The maximum atomic E-state index is 10.4. The number of rotatable bonds is 3. The van der Waals surface area contributed by atoms with Crippen LogP contribution in [-0.4, -0.2) is 11.0 Å². The van der Waals surface area contributed by atoms with Crippen molar-refractivity contribution < 1.29 is 4.92 Å². The van der Waals surface area contributed by atoms with E-state index < -0.39 is 6.04 Å². The molecule has 1 atom stereocenters. The third-order valence-corrected chi connectivity index (χ3v) is 2.61. The van der Waals surface area contributed by atoms with Gasteiger partial charge in [-0.15, -0.1) is 0 Å². The Labute approximate surface area is 91.8 Å². The molecular formula is C9H9Cl2NO2. The first kappa shape index (κ1) is 11.3. The summed E-state index contributed by atoms with van der Waals surface area (Å²) in [5.74, 6) is 0. The van der Waals surface area contributed by atoms with E-state index in [1.807, 2.05) is 0 Å². The van der Waals surface area contributed by atoms with Gasteiger partial charge in [0.15, 0.2) is 0 Å². The quantitative estimate of drug-likeness (QED) is 0.595. The molecule has 0 aliphatic carbocycles. The summed E-state index contributed by atoms with van der Waals surface area (Å²) in [5, 5.41) is 11.3. The van der Waals surface area contributed by atoms with Gasteiger partial charge in [-0.25, -0.2) is 0 Å². The van der Waals surface area contributed by atoms with E-state index in [1.54, 1.807) is 25.1 Å². The molecule has 3 nitrogen and oxygen atoms in total. The summed E-state index contributed by atoms with van der Waals surface area (Å²) in [6.45, 7) is 1.56. The number of hydrogen-bond acceptors (Lipinski definition) is 2. The van der Waals surface area contributed by atoms with Gasteiger partial charge in [0.2, 0.25) is 6.04 Å². The van der Waals surface area contributed by atoms with Gasteiger partial charge in [0, 0.05) is 18.3 Å². The Morgan fingerprint density at radius 1 is 1.43 bits per heavy atom. The molecular weight excluding hydrogens is 225 g/mol. The average molecular weight is 234 g/mol. The maximum absolute atomic E-state index is 10.4. The normalized spacial score (nSPS) is 12.5. The standard InChI is InChI=1S/C9H9Cl2NO2/c1-6(12(13)14)4-7-2-3-8(10)9(11)5-7/h2-3,5-6H,4H2,1H3.